The summed E-state index contributed by atoms with van der Waals surface area (Å²) in [5.41, 5.74) is -1.07. The molecule has 0 heterocycles. The van der Waals surface area contributed by atoms with E-state index >= 15 is 0 Å². The largest absolute Gasteiger partial charge is 1.00 e. The number of carbonyl (C=O) groups excluding carboxylic acids is 1. The molecule has 5 heteroatoms. The van der Waals surface area contributed by atoms with Crippen molar-refractivity contribution in [1.82, 2.24) is 0 Å². The molecule has 2 aromatic carbocycles. The fourth-order valence-electron chi connectivity index (χ4n) is 1.85. The minimum absolute atomic E-state index is 0. The van der Waals surface area contributed by atoms with Crippen molar-refractivity contribution < 1.29 is 45.5 Å². The number of benzene rings is 2. The topological polar surface area (TPSA) is 46.5 Å². The molecule has 2 rings (SSSR count). The Hall–Kier alpha value is -1.07. The molecule has 0 amide bonds. The van der Waals surface area contributed by atoms with Gasteiger partial charge in [-0.05, 0) is 11.1 Å². The molecule has 0 aliphatic heterocycles. The Bertz CT molecular complexity index is 497. The standard InChI is InChI=1S/C14H11BO3.Na.H/c15-18-13(16)14(17,11-7-3-1-4-8-11)12-9-5-2-6-10-12;;/h1-10,17H;;/q;+1;-1. The number of carbonyl (C=O) groups is 1. The van der Waals surface area contributed by atoms with Gasteiger partial charge in [0.1, 0.15) is 0 Å². The van der Waals surface area contributed by atoms with Crippen LogP contribution in [0.3, 0.4) is 0 Å². The fraction of sp³-hybridized carbons (Fsp3) is 0.0714. The first kappa shape index (κ1) is 16.0. The summed E-state index contributed by atoms with van der Waals surface area (Å²) in [6, 6.07) is 17.1. The summed E-state index contributed by atoms with van der Waals surface area (Å²) in [6.07, 6.45) is 0. The zero-order valence-corrected chi connectivity index (χ0v) is 12.6. The Morgan fingerprint density at radius 1 is 1.00 bits per heavy atom. The summed E-state index contributed by atoms with van der Waals surface area (Å²) in [7, 11) is 4.92. The molecule has 1 N–H and O–H groups in total. The van der Waals surface area contributed by atoms with Crippen molar-refractivity contribution >= 4 is 14.0 Å². The molecule has 0 atom stereocenters. The minimum Gasteiger partial charge on any atom is -1.00 e. The summed E-state index contributed by atoms with van der Waals surface area (Å²) >= 11 is 0. The molecule has 0 aliphatic rings. The maximum Gasteiger partial charge on any atom is 1.00 e. The predicted molar refractivity (Wildman–Crippen MR) is 68.8 cm³/mol. The van der Waals surface area contributed by atoms with Gasteiger partial charge in [0.25, 0.3) is 0 Å². The molecule has 3 nitrogen and oxygen atoms in total. The van der Waals surface area contributed by atoms with Gasteiger partial charge in [-0.15, -0.1) is 0 Å². The van der Waals surface area contributed by atoms with Crippen LogP contribution in [0.2, 0.25) is 0 Å². The van der Waals surface area contributed by atoms with Gasteiger partial charge in [0, 0.05) is 0 Å². The first-order valence-electron chi connectivity index (χ1n) is 5.44. The van der Waals surface area contributed by atoms with Crippen LogP contribution in [0.25, 0.3) is 0 Å². The Labute approximate surface area is 136 Å². The molecule has 2 aromatic rings. The average molecular weight is 262 g/mol. The Balaban J connectivity index is 0.00000180. The Morgan fingerprint density at radius 3 is 1.68 bits per heavy atom. The molecule has 2 radical (unpaired) electrons. The van der Waals surface area contributed by atoms with Gasteiger partial charge in [-0.1, -0.05) is 60.7 Å². The molecule has 0 spiro atoms. The average Bonchev–Trinajstić information content (AvgIpc) is 2.47. The van der Waals surface area contributed by atoms with Gasteiger partial charge in [-0.3, -0.25) is 0 Å². The fourth-order valence-corrected chi connectivity index (χ4v) is 1.85. The van der Waals surface area contributed by atoms with Gasteiger partial charge >= 0.3 is 43.6 Å². The molecule has 0 saturated heterocycles. The third kappa shape index (κ3) is 3.10. The number of aliphatic hydroxyl groups is 1. The van der Waals surface area contributed by atoms with Crippen molar-refractivity contribution in [1.29, 1.82) is 0 Å². The third-order valence-electron chi connectivity index (χ3n) is 2.79. The first-order chi connectivity index (χ1) is 8.69. The van der Waals surface area contributed by atoms with E-state index < -0.39 is 11.6 Å². The Kier molecular flexibility index (Phi) is 5.82. The van der Waals surface area contributed by atoms with Crippen LogP contribution in [0.4, 0.5) is 0 Å². The van der Waals surface area contributed by atoms with Gasteiger partial charge < -0.3 is 11.2 Å². The van der Waals surface area contributed by atoms with Crippen LogP contribution < -0.4 is 29.6 Å². The monoisotopic (exact) mass is 262 g/mol. The molecule has 19 heavy (non-hydrogen) atoms. The van der Waals surface area contributed by atoms with E-state index in [0.717, 1.165) is 0 Å². The second-order valence-electron chi connectivity index (χ2n) is 3.85. The summed E-state index contributed by atoms with van der Waals surface area (Å²) in [4.78, 5) is 11.8. The molecular weight excluding hydrogens is 250 g/mol. The van der Waals surface area contributed by atoms with Crippen molar-refractivity contribution in [2.45, 2.75) is 5.60 Å². The molecule has 0 aromatic heterocycles. The SMILES string of the molecule is [B]OC(=O)C(O)(c1ccccc1)c1ccccc1.[H-].[Na+]. The summed E-state index contributed by atoms with van der Waals surface area (Å²) < 4.78 is 4.24. The van der Waals surface area contributed by atoms with Gasteiger partial charge in [-0.25, -0.2) is 4.79 Å². The van der Waals surface area contributed by atoms with E-state index in [1.54, 1.807) is 60.7 Å². The van der Waals surface area contributed by atoms with Crippen molar-refractivity contribution in [2.75, 3.05) is 0 Å². The van der Waals surface area contributed by atoms with Gasteiger partial charge in [0.2, 0.25) is 5.60 Å². The quantitative estimate of drug-likeness (QED) is 0.697. The van der Waals surface area contributed by atoms with Crippen molar-refractivity contribution in [3.05, 3.63) is 71.8 Å². The van der Waals surface area contributed by atoms with Crippen molar-refractivity contribution in [3.63, 3.8) is 0 Å². The molecule has 0 saturated carbocycles. The molecule has 0 unspecified atom stereocenters. The summed E-state index contributed by atoms with van der Waals surface area (Å²) in [6.45, 7) is 0. The van der Waals surface area contributed by atoms with E-state index in [-0.39, 0.29) is 31.0 Å². The van der Waals surface area contributed by atoms with Crippen LogP contribution in [0, 0.1) is 0 Å². The summed E-state index contributed by atoms with van der Waals surface area (Å²) in [5, 5.41) is 10.7. The van der Waals surface area contributed by atoms with Gasteiger partial charge in [0.15, 0.2) is 0 Å². The van der Waals surface area contributed by atoms with E-state index in [1.807, 2.05) is 0 Å². The number of rotatable bonds is 3. The smallest absolute Gasteiger partial charge is 1.00 e. The zero-order chi connectivity index (χ0) is 13.0. The van der Waals surface area contributed by atoms with Crippen LogP contribution in [-0.2, 0) is 15.0 Å². The number of hydrogen-bond acceptors (Lipinski definition) is 3. The molecule has 0 bridgehead atoms. The Morgan fingerprint density at radius 2 is 1.37 bits per heavy atom. The molecule has 0 fully saturated rings. The molecule has 0 aliphatic carbocycles. The van der Waals surface area contributed by atoms with Crippen molar-refractivity contribution in [2.24, 2.45) is 0 Å². The maximum absolute atomic E-state index is 11.8. The van der Waals surface area contributed by atoms with Crippen LogP contribution in [0.1, 0.15) is 12.6 Å². The van der Waals surface area contributed by atoms with Crippen LogP contribution >= 0.6 is 0 Å². The third-order valence-corrected chi connectivity index (χ3v) is 2.79. The second kappa shape index (κ2) is 6.92. The molecular formula is C14H12BNaO3. The van der Waals surface area contributed by atoms with Crippen LogP contribution in [0.15, 0.2) is 60.7 Å². The second-order valence-corrected chi connectivity index (χ2v) is 3.85. The maximum atomic E-state index is 11.8. The minimum atomic E-state index is -1.89. The molecule has 90 valence electrons. The van der Waals surface area contributed by atoms with Crippen molar-refractivity contribution in [3.8, 4) is 0 Å². The van der Waals surface area contributed by atoms with Gasteiger partial charge in [0.05, 0.1) is 0 Å². The van der Waals surface area contributed by atoms with E-state index in [1.165, 1.54) is 0 Å². The van der Waals surface area contributed by atoms with E-state index in [2.05, 4.69) is 4.65 Å². The van der Waals surface area contributed by atoms with Crippen LogP contribution in [0.5, 0.6) is 0 Å². The normalized spacial score (nSPS) is 10.4. The van der Waals surface area contributed by atoms with E-state index in [0.29, 0.717) is 11.1 Å². The number of hydrogen-bond donors (Lipinski definition) is 1. The zero-order valence-electron chi connectivity index (χ0n) is 11.6. The predicted octanol–water partition coefficient (Wildman–Crippen LogP) is -1.33. The van der Waals surface area contributed by atoms with Crippen LogP contribution in [-0.4, -0.2) is 19.1 Å². The van der Waals surface area contributed by atoms with E-state index in [4.69, 9.17) is 8.05 Å². The van der Waals surface area contributed by atoms with E-state index in [9.17, 15) is 9.90 Å². The van der Waals surface area contributed by atoms with Gasteiger partial charge in [-0.2, -0.15) is 0 Å². The summed E-state index contributed by atoms with van der Waals surface area (Å²) in [5.74, 6) is -0.917. The first-order valence-corrected chi connectivity index (χ1v) is 5.44.